The predicted molar refractivity (Wildman–Crippen MR) is 81.1 cm³/mol. The summed E-state index contributed by atoms with van der Waals surface area (Å²) in [6.07, 6.45) is -4.82. The van der Waals surface area contributed by atoms with Crippen LogP contribution in [0.5, 0.6) is 0 Å². The van der Waals surface area contributed by atoms with Crippen molar-refractivity contribution in [3.8, 4) is 0 Å². The van der Waals surface area contributed by atoms with Crippen molar-refractivity contribution >= 4 is 11.6 Å². The van der Waals surface area contributed by atoms with Gasteiger partial charge in [0.1, 0.15) is 11.5 Å². The minimum absolute atomic E-state index is 0.0955. The van der Waals surface area contributed by atoms with Crippen molar-refractivity contribution in [1.29, 1.82) is 0 Å². The number of hydrogen-bond acceptors (Lipinski definition) is 2. The number of hydrogen-bond donors (Lipinski definition) is 1. The molecule has 2 aromatic heterocycles. The standard InChI is InChI=1S/C17H12F4N2O2/c1-9-6-11(16(24)25)8-14-22-15(17(19,20)21)13(23(9)14)7-10-2-4-12(18)5-3-10/h2-6,8H,7H2,1H3,(H,24,25). The molecule has 130 valence electrons. The molecule has 8 heteroatoms. The Balaban J connectivity index is 2.23. The molecule has 1 N–H and O–H groups in total. The first-order chi connectivity index (χ1) is 11.7. The van der Waals surface area contributed by atoms with Gasteiger partial charge in [0.25, 0.3) is 0 Å². The van der Waals surface area contributed by atoms with Crippen LogP contribution >= 0.6 is 0 Å². The Bertz CT molecular complexity index is 959. The summed E-state index contributed by atoms with van der Waals surface area (Å²) in [5, 5.41) is 9.07. The number of aromatic nitrogens is 2. The van der Waals surface area contributed by atoms with Crippen LogP contribution < -0.4 is 0 Å². The molecular formula is C17H12F4N2O2. The largest absolute Gasteiger partial charge is 0.478 e. The molecule has 0 saturated heterocycles. The summed E-state index contributed by atoms with van der Waals surface area (Å²) >= 11 is 0. The van der Waals surface area contributed by atoms with E-state index in [-0.39, 0.29) is 23.3 Å². The average molecular weight is 352 g/mol. The van der Waals surface area contributed by atoms with Crippen LogP contribution in [0.3, 0.4) is 0 Å². The van der Waals surface area contributed by atoms with Crippen LogP contribution in [0.1, 0.15) is 33.0 Å². The van der Waals surface area contributed by atoms with E-state index in [2.05, 4.69) is 4.98 Å². The van der Waals surface area contributed by atoms with Crippen LogP contribution in [0.2, 0.25) is 0 Å². The van der Waals surface area contributed by atoms with Gasteiger partial charge in [0, 0.05) is 12.1 Å². The Morgan fingerprint density at radius 2 is 1.84 bits per heavy atom. The quantitative estimate of drug-likeness (QED) is 0.723. The number of nitrogens with zero attached hydrogens (tertiary/aromatic N) is 2. The minimum atomic E-state index is -4.70. The first-order valence-electron chi connectivity index (χ1n) is 7.23. The molecule has 0 bridgehead atoms. The molecule has 3 rings (SSSR count). The highest BCUT2D eigenvalue weighted by Gasteiger charge is 2.38. The van der Waals surface area contributed by atoms with Crippen molar-refractivity contribution in [2.75, 3.05) is 0 Å². The summed E-state index contributed by atoms with van der Waals surface area (Å²) in [6.45, 7) is 1.51. The van der Waals surface area contributed by atoms with Gasteiger partial charge in [-0.3, -0.25) is 0 Å². The summed E-state index contributed by atoms with van der Waals surface area (Å²) in [6, 6.07) is 7.51. The lowest BCUT2D eigenvalue weighted by Gasteiger charge is -2.10. The van der Waals surface area contributed by atoms with Gasteiger partial charge >= 0.3 is 12.1 Å². The van der Waals surface area contributed by atoms with Crippen LogP contribution in [0.15, 0.2) is 36.4 Å². The summed E-state index contributed by atoms with van der Waals surface area (Å²) in [7, 11) is 0. The molecule has 4 nitrogen and oxygen atoms in total. The molecule has 0 amide bonds. The Hall–Kier alpha value is -2.90. The van der Waals surface area contributed by atoms with Gasteiger partial charge in [0.05, 0.1) is 11.3 Å². The number of imidazole rings is 1. The zero-order valence-corrected chi connectivity index (χ0v) is 12.9. The Morgan fingerprint density at radius 1 is 1.20 bits per heavy atom. The zero-order chi connectivity index (χ0) is 18.4. The predicted octanol–water partition coefficient (Wildman–Crippen LogP) is 4.09. The normalized spacial score (nSPS) is 11.9. The fraction of sp³-hybridized carbons (Fsp3) is 0.176. The van der Waals surface area contributed by atoms with E-state index in [0.717, 1.165) is 6.07 Å². The topological polar surface area (TPSA) is 54.6 Å². The lowest BCUT2D eigenvalue weighted by Crippen LogP contribution is -2.11. The van der Waals surface area contributed by atoms with Gasteiger partial charge in [-0.15, -0.1) is 0 Å². The number of carboxylic acid groups (broad SMARTS) is 1. The van der Waals surface area contributed by atoms with E-state index in [1.807, 2.05) is 0 Å². The van der Waals surface area contributed by atoms with Crippen LogP contribution in [0.25, 0.3) is 5.65 Å². The van der Waals surface area contributed by atoms with Gasteiger partial charge in [-0.1, -0.05) is 12.1 Å². The van der Waals surface area contributed by atoms with E-state index >= 15 is 0 Å². The smallest absolute Gasteiger partial charge is 0.435 e. The summed E-state index contributed by atoms with van der Waals surface area (Å²) in [5.41, 5.74) is -0.643. The van der Waals surface area contributed by atoms with Crippen molar-refractivity contribution in [3.05, 3.63) is 70.4 Å². The van der Waals surface area contributed by atoms with E-state index < -0.39 is 23.7 Å². The number of pyridine rings is 1. The Morgan fingerprint density at radius 3 is 2.40 bits per heavy atom. The fourth-order valence-electron chi connectivity index (χ4n) is 2.74. The van der Waals surface area contributed by atoms with Crippen molar-refractivity contribution in [2.45, 2.75) is 19.5 Å². The number of rotatable bonds is 3. The summed E-state index contributed by atoms with van der Waals surface area (Å²) in [5.74, 6) is -1.73. The molecule has 1 aromatic carbocycles. The van der Waals surface area contributed by atoms with Crippen LogP contribution in [0.4, 0.5) is 17.6 Å². The van der Waals surface area contributed by atoms with E-state index in [4.69, 9.17) is 5.11 Å². The molecule has 0 aliphatic carbocycles. The highest BCUT2D eigenvalue weighted by atomic mass is 19.4. The number of carbonyl (C=O) groups is 1. The number of aromatic carboxylic acids is 1. The molecule has 0 saturated carbocycles. The van der Waals surface area contributed by atoms with Crippen molar-refractivity contribution < 1.29 is 27.5 Å². The molecule has 0 atom stereocenters. The molecule has 3 aromatic rings. The number of aryl methyl sites for hydroxylation is 1. The summed E-state index contributed by atoms with van der Waals surface area (Å²) in [4.78, 5) is 14.7. The molecule has 0 aliphatic heterocycles. The zero-order valence-electron chi connectivity index (χ0n) is 12.9. The number of carboxylic acids is 1. The SMILES string of the molecule is Cc1cc(C(=O)O)cc2nc(C(F)(F)F)c(Cc3ccc(F)cc3)n12. The van der Waals surface area contributed by atoms with Crippen molar-refractivity contribution in [1.82, 2.24) is 9.38 Å². The molecule has 0 unspecified atom stereocenters. The van der Waals surface area contributed by atoms with Gasteiger partial charge in [0.15, 0.2) is 5.69 Å². The highest BCUT2D eigenvalue weighted by molar-refractivity contribution is 5.89. The average Bonchev–Trinajstić information content (AvgIpc) is 2.89. The maximum absolute atomic E-state index is 13.4. The first-order valence-corrected chi connectivity index (χ1v) is 7.23. The number of fused-ring (bicyclic) bond motifs is 1. The fourth-order valence-corrected chi connectivity index (χ4v) is 2.74. The Kier molecular flexibility index (Phi) is 3.98. The lowest BCUT2D eigenvalue weighted by molar-refractivity contribution is -0.141. The Labute approximate surface area is 139 Å². The molecule has 0 aliphatic rings. The minimum Gasteiger partial charge on any atom is -0.478 e. The molecule has 0 spiro atoms. The third-order valence-corrected chi connectivity index (χ3v) is 3.80. The number of halogens is 4. The maximum atomic E-state index is 13.4. The van der Waals surface area contributed by atoms with Gasteiger partial charge in [-0.25, -0.2) is 14.2 Å². The van der Waals surface area contributed by atoms with Crippen molar-refractivity contribution in [2.24, 2.45) is 0 Å². The van der Waals surface area contributed by atoms with Crippen LogP contribution in [-0.4, -0.2) is 20.5 Å². The third-order valence-electron chi connectivity index (χ3n) is 3.80. The second-order valence-corrected chi connectivity index (χ2v) is 5.59. The van der Waals surface area contributed by atoms with Gasteiger partial charge < -0.3 is 9.51 Å². The van der Waals surface area contributed by atoms with E-state index in [1.54, 1.807) is 0 Å². The second kappa shape index (κ2) is 5.87. The molecule has 0 fully saturated rings. The molecular weight excluding hydrogens is 340 g/mol. The highest BCUT2D eigenvalue weighted by Crippen LogP contribution is 2.34. The number of benzene rings is 1. The van der Waals surface area contributed by atoms with Crippen molar-refractivity contribution in [3.63, 3.8) is 0 Å². The lowest BCUT2D eigenvalue weighted by atomic mass is 10.1. The maximum Gasteiger partial charge on any atom is 0.435 e. The summed E-state index contributed by atoms with van der Waals surface area (Å²) < 4.78 is 54.5. The monoisotopic (exact) mass is 352 g/mol. The van der Waals surface area contributed by atoms with Gasteiger partial charge in [-0.05, 0) is 36.8 Å². The van der Waals surface area contributed by atoms with Gasteiger partial charge in [-0.2, -0.15) is 13.2 Å². The first kappa shape index (κ1) is 16.9. The van der Waals surface area contributed by atoms with Crippen LogP contribution in [-0.2, 0) is 12.6 Å². The van der Waals surface area contributed by atoms with E-state index in [9.17, 15) is 22.4 Å². The number of alkyl halides is 3. The molecule has 0 radical (unpaired) electrons. The molecule has 2 heterocycles. The molecule has 25 heavy (non-hydrogen) atoms. The van der Waals surface area contributed by atoms with Crippen LogP contribution in [0, 0.1) is 12.7 Å². The van der Waals surface area contributed by atoms with Gasteiger partial charge in [0.2, 0.25) is 0 Å². The third kappa shape index (κ3) is 3.19. The van der Waals surface area contributed by atoms with E-state index in [0.29, 0.717) is 11.3 Å². The second-order valence-electron chi connectivity index (χ2n) is 5.59. The van der Waals surface area contributed by atoms with E-state index in [1.165, 1.54) is 41.7 Å².